The zero-order valence-corrected chi connectivity index (χ0v) is 12.7. The van der Waals surface area contributed by atoms with Crippen LogP contribution in [0, 0.1) is 0 Å². The van der Waals surface area contributed by atoms with Gasteiger partial charge in [-0.2, -0.15) is 8.42 Å². The molecular formula is C17H14O4S. The van der Waals surface area contributed by atoms with Crippen molar-refractivity contribution >= 4 is 20.9 Å². The van der Waals surface area contributed by atoms with E-state index in [1.54, 1.807) is 36.4 Å². The fraction of sp³-hybridized carbons (Fsp3) is 0.0588. The third kappa shape index (κ3) is 2.63. The Kier molecular flexibility index (Phi) is 3.73. The number of hydrogen-bond donors (Lipinski definition) is 0. The molecule has 0 aliphatic carbocycles. The molecule has 0 aliphatic heterocycles. The van der Waals surface area contributed by atoms with E-state index in [9.17, 15) is 8.42 Å². The minimum atomic E-state index is -3.97. The minimum Gasteiger partial charge on any atom is -0.495 e. The summed E-state index contributed by atoms with van der Waals surface area (Å²) in [7, 11) is -2.52. The van der Waals surface area contributed by atoms with E-state index in [0.29, 0.717) is 0 Å². The molecule has 22 heavy (non-hydrogen) atoms. The average Bonchev–Trinajstić information content (AvgIpc) is 2.54. The van der Waals surface area contributed by atoms with Crippen molar-refractivity contribution in [3.63, 3.8) is 0 Å². The van der Waals surface area contributed by atoms with E-state index >= 15 is 0 Å². The Morgan fingerprint density at radius 1 is 0.818 bits per heavy atom. The summed E-state index contributed by atoms with van der Waals surface area (Å²) in [5.74, 6) is 0.548. The zero-order chi connectivity index (χ0) is 15.6. The van der Waals surface area contributed by atoms with Crippen LogP contribution in [0.15, 0.2) is 71.6 Å². The minimum absolute atomic E-state index is 0.0116. The summed E-state index contributed by atoms with van der Waals surface area (Å²) >= 11 is 0. The van der Waals surface area contributed by atoms with Crippen molar-refractivity contribution in [2.75, 3.05) is 7.11 Å². The van der Waals surface area contributed by atoms with Crippen molar-refractivity contribution in [2.45, 2.75) is 4.90 Å². The summed E-state index contributed by atoms with van der Waals surface area (Å²) in [6, 6.07) is 19.0. The lowest BCUT2D eigenvalue weighted by atomic mass is 10.1. The van der Waals surface area contributed by atoms with Gasteiger partial charge in [-0.1, -0.05) is 48.5 Å². The van der Waals surface area contributed by atoms with Crippen molar-refractivity contribution in [3.8, 4) is 11.5 Å². The number of fused-ring (bicyclic) bond motifs is 1. The third-order valence-corrected chi connectivity index (χ3v) is 4.54. The number of para-hydroxylation sites is 1. The van der Waals surface area contributed by atoms with E-state index in [4.69, 9.17) is 8.92 Å². The first-order chi connectivity index (χ1) is 10.6. The lowest BCUT2D eigenvalue weighted by Gasteiger charge is -2.12. The molecule has 0 radical (unpaired) electrons. The third-order valence-electron chi connectivity index (χ3n) is 3.27. The monoisotopic (exact) mass is 314 g/mol. The molecule has 0 N–H and O–H groups in total. The van der Waals surface area contributed by atoms with Gasteiger partial charge in [0.05, 0.1) is 7.11 Å². The van der Waals surface area contributed by atoms with Gasteiger partial charge in [0.1, 0.15) is 16.4 Å². The van der Waals surface area contributed by atoms with Crippen molar-refractivity contribution in [3.05, 3.63) is 66.7 Å². The molecule has 5 heteroatoms. The van der Waals surface area contributed by atoms with Crippen LogP contribution < -0.4 is 8.92 Å². The molecule has 0 saturated carbocycles. The van der Waals surface area contributed by atoms with Crippen LogP contribution in [-0.2, 0) is 10.1 Å². The van der Waals surface area contributed by atoms with Crippen LogP contribution in [0.25, 0.3) is 10.8 Å². The van der Waals surface area contributed by atoms with E-state index < -0.39 is 10.1 Å². The summed E-state index contributed by atoms with van der Waals surface area (Å²) < 4.78 is 35.5. The standard InChI is InChI=1S/C17H14O4S/c1-20-17-15-10-6-5-7-13(15)11-12-16(17)22(18,19)21-14-8-3-2-4-9-14/h2-12H,1H3. The maximum Gasteiger partial charge on any atom is 0.342 e. The molecule has 3 aromatic rings. The van der Waals surface area contributed by atoms with E-state index in [0.717, 1.165) is 10.8 Å². The first-order valence-electron chi connectivity index (χ1n) is 6.67. The highest BCUT2D eigenvalue weighted by atomic mass is 32.2. The molecule has 0 saturated heterocycles. The molecule has 4 nitrogen and oxygen atoms in total. The van der Waals surface area contributed by atoms with Crippen LogP contribution in [0.4, 0.5) is 0 Å². The first kappa shape index (κ1) is 14.4. The Labute approximate surface area is 129 Å². The second kappa shape index (κ2) is 5.69. The Morgan fingerprint density at radius 2 is 1.50 bits per heavy atom. The van der Waals surface area contributed by atoms with Crippen LogP contribution in [-0.4, -0.2) is 15.5 Å². The maximum absolute atomic E-state index is 12.5. The molecule has 3 rings (SSSR count). The topological polar surface area (TPSA) is 52.6 Å². The summed E-state index contributed by atoms with van der Waals surface area (Å²) in [4.78, 5) is 0.0116. The van der Waals surface area contributed by atoms with Gasteiger partial charge in [-0.05, 0) is 23.6 Å². The normalized spacial score (nSPS) is 11.3. The van der Waals surface area contributed by atoms with Crippen molar-refractivity contribution in [1.29, 1.82) is 0 Å². The second-order valence-corrected chi connectivity index (χ2v) is 6.18. The molecule has 0 aromatic heterocycles. The Balaban J connectivity index is 2.12. The number of methoxy groups -OCH3 is 1. The molecule has 0 bridgehead atoms. The molecule has 0 spiro atoms. The predicted molar refractivity (Wildman–Crippen MR) is 84.8 cm³/mol. The molecule has 0 amide bonds. The molecule has 0 atom stereocenters. The van der Waals surface area contributed by atoms with Crippen molar-refractivity contribution in [2.24, 2.45) is 0 Å². The van der Waals surface area contributed by atoms with Crippen molar-refractivity contribution in [1.82, 2.24) is 0 Å². The van der Waals surface area contributed by atoms with E-state index in [1.165, 1.54) is 13.2 Å². The molecule has 3 aromatic carbocycles. The average molecular weight is 314 g/mol. The highest BCUT2D eigenvalue weighted by Crippen LogP contribution is 2.34. The Bertz CT molecular complexity index is 902. The van der Waals surface area contributed by atoms with Crippen LogP contribution in [0.1, 0.15) is 0 Å². The van der Waals surface area contributed by atoms with Crippen LogP contribution >= 0.6 is 0 Å². The molecule has 0 aliphatic rings. The fourth-order valence-corrected chi connectivity index (χ4v) is 3.39. The highest BCUT2D eigenvalue weighted by Gasteiger charge is 2.23. The van der Waals surface area contributed by atoms with Gasteiger partial charge < -0.3 is 8.92 Å². The quantitative estimate of drug-likeness (QED) is 0.690. The fourth-order valence-electron chi connectivity index (χ4n) is 2.28. The van der Waals surface area contributed by atoms with Crippen LogP contribution in [0.5, 0.6) is 11.5 Å². The SMILES string of the molecule is COc1c(S(=O)(=O)Oc2ccccc2)ccc2ccccc12. The van der Waals surface area contributed by atoms with E-state index in [-0.39, 0.29) is 16.4 Å². The van der Waals surface area contributed by atoms with Crippen LogP contribution in [0.2, 0.25) is 0 Å². The van der Waals surface area contributed by atoms with E-state index in [1.807, 2.05) is 24.3 Å². The summed E-state index contributed by atoms with van der Waals surface area (Å²) in [6.45, 7) is 0. The summed E-state index contributed by atoms with van der Waals surface area (Å²) in [5, 5.41) is 1.63. The maximum atomic E-state index is 12.5. The molecular weight excluding hydrogens is 300 g/mol. The summed E-state index contributed by atoms with van der Waals surface area (Å²) in [6.07, 6.45) is 0. The lowest BCUT2D eigenvalue weighted by Crippen LogP contribution is -2.11. The van der Waals surface area contributed by atoms with Gasteiger partial charge in [0.15, 0.2) is 0 Å². The lowest BCUT2D eigenvalue weighted by molar-refractivity contribution is 0.403. The van der Waals surface area contributed by atoms with Gasteiger partial charge in [-0.15, -0.1) is 0 Å². The number of rotatable bonds is 4. The van der Waals surface area contributed by atoms with Gasteiger partial charge in [-0.3, -0.25) is 0 Å². The van der Waals surface area contributed by atoms with Gasteiger partial charge in [0.2, 0.25) is 0 Å². The van der Waals surface area contributed by atoms with Gasteiger partial charge >= 0.3 is 10.1 Å². The Morgan fingerprint density at radius 3 is 2.23 bits per heavy atom. The first-order valence-corrected chi connectivity index (χ1v) is 8.08. The van der Waals surface area contributed by atoms with Crippen molar-refractivity contribution < 1.29 is 17.3 Å². The summed E-state index contributed by atoms with van der Waals surface area (Å²) in [5.41, 5.74) is 0. The molecule has 0 unspecified atom stereocenters. The van der Waals surface area contributed by atoms with Crippen LogP contribution in [0.3, 0.4) is 0 Å². The second-order valence-electron chi connectivity index (χ2n) is 4.67. The molecule has 0 heterocycles. The van der Waals surface area contributed by atoms with Gasteiger partial charge in [-0.25, -0.2) is 0 Å². The molecule has 112 valence electrons. The highest BCUT2D eigenvalue weighted by molar-refractivity contribution is 7.87. The van der Waals surface area contributed by atoms with Gasteiger partial charge in [0, 0.05) is 5.39 Å². The number of hydrogen-bond acceptors (Lipinski definition) is 4. The molecule has 0 fully saturated rings. The predicted octanol–water partition coefficient (Wildman–Crippen LogP) is 3.62. The van der Waals surface area contributed by atoms with Gasteiger partial charge in [0.25, 0.3) is 0 Å². The van der Waals surface area contributed by atoms with E-state index in [2.05, 4.69) is 0 Å². The number of ether oxygens (including phenoxy) is 1. The number of benzene rings is 3. The largest absolute Gasteiger partial charge is 0.495 e. The Hall–Kier alpha value is -2.53. The smallest absolute Gasteiger partial charge is 0.342 e. The zero-order valence-electron chi connectivity index (χ0n) is 11.9.